The summed E-state index contributed by atoms with van der Waals surface area (Å²) in [6.45, 7) is 7.81. The molecule has 0 fully saturated rings. The zero-order valence-electron chi connectivity index (χ0n) is 13.6. The number of nitrogens with one attached hydrogen (secondary N) is 1. The number of ether oxygens (including phenoxy) is 1. The second kappa shape index (κ2) is 7.92. The Morgan fingerprint density at radius 3 is 2.36 bits per heavy atom. The predicted octanol–water partition coefficient (Wildman–Crippen LogP) is 3.95. The Bertz CT molecular complexity index is 506. The summed E-state index contributed by atoms with van der Waals surface area (Å²) in [4.78, 5) is 23.5. The van der Waals surface area contributed by atoms with Gasteiger partial charge in [0.2, 0.25) is 0 Å². The molecule has 1 rings (SSSR count). The SMILES string of the molecule is CC(CCC(=O)c1ccc(F)cc1)CNC(=O)OC(C)(C)C. The molecule has 0 saturated heterocycles. The minimum absolute atomic E-state index is 0.0240. The van der Waals surface area contributed by atoms with E-state index in [0.29, 0.717) is 24.9 Å². The molecule has 1 amide bonds. The molecule has 0 aromatic heterocycles. The first-order valence-corrected chi connectivity index (χ1v) is 7.43. The Morgan fingerprint density at radius 2 is 1.82 bits per heavy atom. The maximum absolute atomic E-state index is 12.8. The van der Waals surface area contributed by atoms with Crippen molar-refractivity contribution < 1.29 is 18.7 Å². The number of carbonyl (C=O) groups excluding carboxylic acids is 2. The first kappa shape index (κ1) is 18.1. The van der Waals surface area contributed by atoms with Crippen LogP contribution in [0.4, 0.5) is 9.18 Å². The molecule has 122 valence electrons. The van der Waals surface area contributed by atoms with Crippen molar-refractivity contribution in [2.24, 2.45) is 5.92 Å². The summed E-state index contributed by atoms with van der Waals surface area (Å²) < 4.78 is 17.9. The highest BCUT2D eigenvalue weighted by Gasteiger charge is 2.16. The van der Waals surface area contributed by atoms with Crippen molar-refractivity contribution in [3.63, 3.8) is 0 Å². The number of rotatable bonds is 6. The van der Waals surface area contributed by atoms with Crippen molar-refractivity contribution in [2.75, 3.05) is 6.54 Å². The molecule has 1 unspecified atom stereocenters. The number of amides is 1. The Labute approximate surface area is 131 Å². The summed E-state index contributed by atoms with van der Waals surface area (Å²) in [5.74, 6) is -0.229. The van der Waals surface area contributed by atoms with E-state index in [4.69, 9.17) is 4.74 Å². The van der Waals surface area contributed by atoms with Crippen LogP contribution in [0.2, 0.25) is 0 Å². The molecule has 1 N–H and O–H groups in total. The van der Waals surface area contributed by atoms with E-state index in [1.54, 1.807) is 20.8 Å². The first-order valence-electron chi connectivity index (χ1n) is 7.43. The van der Waals surface area contributed by atoms with Crippen molar-refractivity contribution in [1.29, 1.82) is 0 Å². The zero-order chi connectivity index (χ0) is 16.8. The van der Waals surface area contributed by atoms with Crippen LogP contribution in [0.25, 0.3) is 0 Å². The first-order chi connectivity index (χ1) is 10.2. The quantitative estimate of drug-likeness (QED) is 0.810. The molecule has 1 aromatic carbocycles. The van der Waals surface area contributed by atoms with Crippen molar-refractivity contribution in [3.8, 4) is 0 Å². The lowest BCUT2D eigenvalue weighted by Crippen LogP contribution is -2.34. The average Bonchev–Trinajstić information content (AvgIpc) is 2.41. The molecule has 0 heterocycles. The second-order valence-corrected chi connectivity index (χ2v) is 6.46. The van der Waals surface area contributed by atoms with Crippen LogP contribution in [0.1, 0.15) is 50.9 Å². The van der Waals surface area contributed by atoms with Gasteiger partial charge in [0.1, 0.15) is 11.4 Å². The predicted molar refractivity (Wildman–Crippen MR) is 83.4 cm³/mol. The van der Waals surface area contributed by atoms with Gasteiger partial charge in [-0.05, 0) is 57.4 Å². The van der Waals surface area contributed by atoms with Gasteiger partial charge in [-0.2, -0.15) is 0 Å². The highest BCUT2D eigenvalue weighted by molar-refractivity contribution is 5.95. The zero-order valence-corrected chi connectivity index (χ0v) is 13.6. The van der Waals surface area contributed by atoms with Gasteiger partial charge in [-0.25, -0.2) is 9.18 Å². The van der Waals surface area contributed by atoms with E-state index in [0.717, 1.165) is 0 Å². The summed E-state index contributed by atoms with van der Waals surface area (Å²) >= 11 is 0. The van der Waals surface area contributed by atoms with Crippen LogP contribution < -0.4 is 5.32 Å². The highest BCUT2D eigenvalue weighted by atomic mass is 19.1. The molecule has 0 bridgehead atoms. The van der Waals surface area contributed by atoms with E-state index >= 15 is 0 Å². The molecule has 22 heavy (non-hydrogen) atoms. The summed E-state index contributed by atoms with van der Waals surface area (Å²) in [6.07, 6.45) is 0.554. The fourth-order valence-electron chi connectivity index (χ4n) is 1.83. The Balaban J connectivity index is 2.31. The number of hydrogen-bond donors (Lipinski definition) is 1. The van der Waals surface area contributed by atoms with Crippen LogP contribution >= 0.6 is 0 Å². The van der Waals surface area contributed by atoms with Gasteiger partial charge in [0.25, 0.3) is 0 Å². The van der Waals surface area contributed by atoms with Crippen molar-refractivity contribution in [2.45, 2.75) is 46.1 Å². The molecule has 0 saturated carbocycles. The lowest BCUT2D eigenvalue weighted by Gasteiger charge is -2.20. The minimum Gasteiger partial charge on any atom is -0.444 e. The van der Waals surface area contributed by atoms with Gasteiger partial charge in [-0.1, -0.05) is 6.92 Å². The Hall–Kier alpha value is -1.91. The molecule has 0 aliphatic heterocycles. The van der Waals surface area contributed by atoms with Crippen LogP contribution in [0.5, 0.6) is 0 Å². The van der Waals surface area contributed by atoms with Crippen molar-refractivity contribution >= 4 is 11.9 Å². The van der Waals surface area contributed by atoms with Crippen LogP contribution in [-0.4, -0.2) is 24.0 Å². The monoisotopic (exact) mass is 309 g/mol. The lowest BCUT2D eigenvalue weighted by atomic mass is 10.00. The number of ketones is 1. The molecule has 1 aromatic rings. The van der Waals surface area contributed by atoms with Gasteiger partial charge in [-0.15, -0.1) is 0 Å². The van der Waals surface area contributed by atoms with E-state index < -0.39 is 11.7 Å². The van der Waals surface area contributed by atoms with Gasteiger partial charge >= 0.3 is 6.09 Å². The topological polar surface area (TPSA) is 55.4 Å². The van der Waals surface area contributed by atoms with Gasteiger partial charge in [-0.3, -0.25) is 4.79 Å². The van der Waals surface area contributed by atoms with Crippen LogP contribution in [0.15, 0.2) is 24.3 Å². The molecule has 4 nitrogen and oxygen atoms in total. The fraction of sp³-hybridized carbons (Fsp3) is 0.529. The number of carbonyl (C=O) groups is 2. The summed E-state index contributed by atoms with van der Waals surface area (Å²) in [7, 11) is 0. The maximum Gasteiger partial charge on any atom is 0.407 e. The van der Waals surface area contributed by atoms with Crippen LogP contribution in [0, 0.1) is 11.7 Å². The standard InChI is InChI=1S/C17H24FNO3/c1-12(11-19-16(21)22-17(2,3)4)5-10-15(20)13-6-8-14(18)9-7-13/h6-9,12H,5,10-11H2,1-4H3,(H,19,21). The van der Waals surface area contributed by atoms with E-state index in [2.05, 4.69) is 5.32 Å². The number of benzene rings is 1. The second-order valence-electron chi connectivity index (χ2n) is 6.46. The number of Topliss-reactive ketones (excluding diaryl/α,β-unsaturated/α-hetero) is 1. The molecule has 5 heteroatoms. The largest absolute Gasteiger partial charge is 0.444 e. The Morgan fingerprint density at radius 1 is 1.23 bits per heavy atom. The normalized spacial score (nSPS) is 12.6. The third kappa shape index (κ3) is 7.20. The lowest BCUT2D eigenvalue weighted by molar-refractivity contribution is 0.0520. The molecular formula is C17H24FNO3. The van der Waals surface area contributed by atoms with E-state index in [1.807, 2.05) is 6.92 Å². The third-order valence-electron chi connectivity index (χ3n) is 3.02. The van der Waals surface area contributed by atoms with Gasteiger partial charge < -0.3 is 10.1 Å². The van der Waals surface area contributed by atoms with Gasteiger partial charge in [0.15, 0.2) is 5.78 Å². The highest BCUT2D eigenvalue weighted by Crippen LogP contribution is 2.12. The number of alkyl carbamates (subject to hydrolysis) is 1. The molecule has 0 aliphatic rings. The fourth-order valence-corrected chi connectivity index (χ4v) is 1.83. The average molecular weight is 309 g/mol. The van der Waals surface area contributed by atoms with E-state index in [9.17, 15) is 14.0 Å². The third-order valence-corrected chi connectivity index (χ3v) is 3.02. The van der Waals surface area contributed by atoms with Gasteiger partial charge in [0, 0.05) is 18.5 Å². The van der Waals surface area contributed by atoms with Crippen LogP contribution in [-0.2, 0) is 4.74 Å². The molecule has 1 atom stereocenters. The number of hydrogen-bond acceptors (Lipinski definition) is 3. The summed E-state index contributed by atoms with van der Waals surface area (Å²) in [5, 5.41) is 2.69. The molecule has 0 spiro atoms. The minimum atomic E-state index is -0.522. The molecule has 0 radical (unpaired) electrons. The van der Waals surface area contributed by atoms with E-state index in [-0.39, 0.29) is 17.5 Å². The maximum atomic E-state index is 12.8. The van der Waals surface area contributed by atoms with Crippen LogP contribution in [0.3, 0.4) is 0 Å². The van der Waals surface area contributed by atoms with Gasteiger partial charge in [0.05, 0.1) is 0 Å². The molecular weight excluding hydrogens is 285 g/mol. The summed E-state index contributed by atoms with van der Waals surface area (Å²) in [5.41, 5.74) is -0.0139. The number of halogens is 1. The Kier molecular flexibility index (Phi) is 6.53. The van der Waals surface area contributed by atoms with E-state index in [1.165, 1.54) is 24.3 Å². The molecule has 0 aliphatic carbocycles. The smallest absolute Gasteiger partial charge is 0.407 e. The van der Waals surface area contributed by atoms with Crippen molar-refractivity contribution in [1.82, 2.24) is 5.32 Å². The van der Waals surface area contributed by atoms with Crippen molar-refractivity contribution in [3.05, 3.63) is 35.6 Å². The summed E-state index contributed by atoms with van der Waals surface area (Å²) in [6, 6.07) is 5.53.